The highest BCUT2D eigenvalue weighted by Gasteiger charge is 2.43. The average Bonchev–Trinajstić information content (AvgIpc) is 2.59. The molecule has 1 aliphatic heterocycles. The molecule has 2 rings (SSSR count). The number of hydrogen-bond donors (Lipinski definition) is 6. The van der Waals surface area contributed by atoms with E-state index in [1.807, 2.05) is 0 Å². The average molecular weight is 344 g/mol. The molecule has 6 N–H and O–H groups in total. The highest BCUT2D eigenvalue weighted by Crippen LogP contribution is 2.24. The standard InChI is InChI=1S/C16H24O8/c1-16(22,8-18)10-4-2-9(3-5-10)7-23-15-14(21)13(20)12(19)11(6-17)24-15/h2-5,11-15,17-22H,6-8H2,1H3/t11-,12-,13+,14-,15-,16+/m1/s1. The lowest BCUT2D eigenvalue weighted by molar-refractivity contribution is -0.304. The van der Waals surface area contributed by atoms with E-state index in [0.29, 0.717) is 11.1 Å². The molecule has 8 heteroatoms. The van der Waals surface area contributed by atoms with Gasteiger partial charge in [0.05, 0.1) is 19.8 Å². The van der Waals surface area contributed by atoms with Crippen molar-refractivity contribution in [2.24, 2.45) is 0 Å². The van der Waals surface area contributed by atoms with Crippen LogP contribution in [0.15, 0.2) is 24.3 Å². The maximum atomic E-state index is 9.95. The quantitative estimate of drug-likeness (QED) is 0.355. The van der Waals surface area contributed by atoms with Crippen LogP contribution in [0, 0.1) is 0 Å². The van der Waals surface area contributed by atoms with E-state index in [2.05, 4.69) is 0 Å². The topological polar surface area (TPSA) is 140 Å². The van der Waals surface area contributed by atoms with E-state index in [1.54, 1.807) is 24.3 Å². The minimum atomic E-state index is -1.48. The van der Waals surface area contributed by atoms with Gasteiger partial charge in [-0.25, -0.2) is 0 Å². The van der Waals surface area contributed by atoms with E-state index in [-0.39, 0.29) is 6.61 Å². The summed E-state index contributed by atoms with van der Waals surface area (Å²) >= 11 is 0. The maximum absolute atomic E-state index is 9.95. The highest BCUT2D eigenvalue weighted by atomic mass is 16.7. The molecule has 0 radical (unpaired) electrons. The predicted octanol–water partition coefficient (Wildman–Crippen LogP) is -1.80. The molecule has 8 nitrogen and oxygen atoms in total. The molecule has 24 heavy (non-hydrogen) atoms. The zero-order chi connectivity index (χ0) is 17.9. The lowest BCUT2D eigenvalue weighted by Gasteiger charge is -2.39. The summed E-state index contributed by atoms with van der Waals surface area (Å²) in [6, 6.07) is 6.65. The van der Waals surface area contributed by atoms with Gasteiger partial charge in [0.15, 0.2) is 6.29 Å². The first-order chi connectivity index (χ1) is 11.3. The summed E-state index contributed by atoms with van der Waals surface area (Å²) in [5.41, 5.74) is -0.0811. The van der Waals surface area contributed by atoms with Gasteiger partial charge in [-0.3, -0.25) is 0 Å². The van der Waals surface area contributed by atoms with Crippen LogP contribution in [0.1, 0.15) is 18.1 Å². The Morgan fingerprint density at radius 2 is 1.67 bits per heavy atom. The van der Waals surface area contributed by atoms with Gasteiger partial charge >= 0.3 is 0 Å². The van der Waals surface area contributed by atoms with Crippen LogP contribution in [0.2, 0.25) is 0 Å². The summed E-state index contributed by atoms with van der Waals surface area (Å²) in [6.45, 7) is 0.611. The van der Waals surface area contributed by atoms with Gasteiger partial charge < -0.3 is 40.1 Å². The van der Waals surface area contributed by atoms with E-state index in [1.165, 1.54) is 6.92 Å². The van der Waals surface area contributed by atoms with Gasteiger partial charge in [-0.1, -0.05) is 24.3 Å². The molecule has 0 saturated carbocycles. The van der Waals surface area contributed by atoms with Gasteiger partial charge in [-0.15, -0.1) is 0 Å². The molecule has 6 atom stereocenters. The Morgan fingerprint density at radius 1 is 1.04 bits per heavy atom. The van der Waals surface area contributed by atoms with Gasteiger partial charge in [0.2, 0.25) is 0 Å². The summed E-state index contributed by atoms with van der Waals surface area (Å²) < 4.78 is 10.7. The Balaban J connectivity index is 1.97. The maximum Gasteiger partial charge on any atom is 0.187 e. The molecule has 0 unspecified atom stereocenters. The van der Waals surface area contributed by atoms with Crippen LogP contribution < -0.4 is 0 Å². The molecule has 1 saturated heterocycles. The van der Waals surface area contributed by atoms with Crippen molar-refractivity contribution < 1.29 is 40.1 Å². The molecule has 1 heterocycles. The Kier molecular flexibility index (Phi) is 6.29. The fraction of sp³-hybridized carbons (Fsp3) is 0.625. The lowest BCUT2D eigenvalue weighted by atomic mass is 9.96. The molecular weight excluding hydrogens is 320 g/mol. The zero-order valence-electron chi connectivity index (χ0n) is 13.3. The van der Waals surface area contributed by atoms with Gasteiger partial charge in [0.1, 0.15) is 30.0 Å². The third kappa shape index (κ3) is 4.11. The Hall–Kier alpha value is -1.10. The Morgan fingerprint density at radius 3 is 2.21 bits per heavy atom. The molecule has 0 amide bonds. The minimum absolute atomic E-state index is 0.0459. The zero-order valence-corrected chi connectivity index (χ0v) is 13.3. The molecule has 0 bridgehead atoms. The monoisotopic (exact) mass is 344 g/mol. The molecule has 0 spiro atoms. The molecule has 1 aromatic rings. The lowest BCUT2D eigenvalue weighted by Crippen LogP contribution is -2.59. The van der Waals surface area contributed by atoms with Crippen LogP contribution in [0.3, 0.4) is 0 Å². The molecule has 0 aliphatic carbocycles. The van der Waals surface area contributed by atoms with E-state index in [4.69, 9.17) is 19.7 Å². The van der Waals surface area contributed by atoms with Crippen molar-refractivity contribution in [3.05, 3.63) is 35.4 Å². The van der Waals surface area contributed by atoms with Gasteiger partial charge in [0.25, 0.3) is 0 Å². The van der Waals surface area contributed by atoms with Gasteiger partial charge in [-0.05, 0) is 18.1 Å². The van der Waals surface area contributed by atoms with Crippen LogP contribution in [0.25, 0.3) is 0 Å². The first-order valence-corrected chi connectivity index (χ1v) is 7.65. The number of aliphatic hydroxyl groups is 6. The third-order valence-electron chi connectivity index (χ3n) is 4.15. The summed E-state index contributed by atoms with van der Waals surface area (Å²) in [5, 5.41) is 57.5. The summed E-state index contributed by atoms with van der Waals surface area (Å²) in [7, 11) is 0. The summed E-state index contributed by atoms with van der Waals surface area (Å²) in [5.74, 6) is 0. The largest absolute Gasteiger partial charge is 0.394 e. The molecule has 1 aromatic carbocycles. The van der Waals surface area contributed by atoms with Gasteiger partial charge in [-0.2, -0.15) is 0 Å². The SMILES string of the molecule is C[C@](O)(CO)c1ccc(CO[C@@H]2O[C@H](CO)[C@@H](O)[C@H](O)[C@H]2O)cc1. The number of rotatable bonds is 6. The highest BCUT2D eigenvalue weighted by molar-refractivity contribution is 5.26. The van der Waals surface area contributed by atoms with Crippen LogP contribution in [-0.4, -0.2) is 74.6 Å². The first kappa shape index (κ1) is 19.2. The molecule has 0 aromatic heterocycles. The second-order valence-electron chi connectivity index (χ2n) is 6.14. The molecule has 136 valence electrons. The Bertz CT molecular complexity index is 515. The predicted molar refractivity (Wildman–Crippen MR) is 81.7 cm³/mol. The fourth-order valence-electron chi connectivity index (χ4n) is 2.43. The smallest absolute Gasteiger partial charge is 0.187 e. The second-order valence-corrected chi connectivity index (χ2v) is 6.14. The van der Waals surface area contributed by atoms with Crippen molar-refractivity contribution in [2.75, 3.05) is 13.2 Å². The number of hydrogen-bond acceptors (Lipinski definition) is 8. The van der Waals surface area contributed by atoms with Crippen molar-refractivity contribution in [3.63, 3.8) is 0 Å². The van der Waals surface area contributed by atoms with E-state index in [9.17, 15) is 20.4 Å². The van der Waals surface area contributed by atoms with Crippen molar-refractivity contribution >= 4 is 0 Å². The van der Waals surface area contributed by atoms with E-state index >= 15 is 0 Å². The fourth-order valence-corrected chi connectivity index (χ4v) is 2.43. The Labute approximate surface area is 139 Å². The van der Waals surface area contributed by atoms with E-state index in [0.717, 1.165) is 0 Å². The summed E-state index contributed by atoms with van der Waals surface area (Å²) in [4.78, 5) is 0. The minimum Gasteiger partial charge on any atom is -0.394 e. The molecular formula is C16H24O8. The first-order valence-electron chi connectivity index (χ1n) is 7.65. The number of benzene rings is 1. The van der Waals surface area contributed by atoms with Crippen molar-refractivity contribution in [2.45, 2.75) is 49.8 Å². The van der Waals surface area contributed by atoms with Crippen molar-refractivity contribution in [1.29, 1.82) is 0 Å². The van der Waals surface area contributed by atoms with Crippen molar-refractivity contribution in [3.8, 4) is 0 Å². The van der Waals surface area contributed by atoms with Crippen LogP contribution >= 0.6 is 0 Å². The molecule has 1 aliphatic rings. The van der Waals surface area contributed by atoms with Gasteiger partial charge in [0, 0.05) is 0 Å². The second kappa shape index (κ2) is 7.85. The van der Waals surface area contributed by atoms with E-state index < -0.39 is 49.5 Å². The van der Waals surface area contributed by atoms with Crippen LogP contribution in [0.4, 0.5) is 0 Å². The van der Waals surface area contributed by atoms with Crippen molar-refractivity contribution in [1.82, 2.24) is 0 Å². The normalized spacial score (nSPS) is 33.2. The number of ether oxygens (including phenoxy) is 2. The summed E-state index contributed by atoms with van der Waals surface area (Å²) in [6.07, 6.45) is -6.57. The number of aliphatic hydroxyl groups excluding tert-OH is 5. The van der Waals surface area contributed by atoms with Crippen LogP contribution in [-0.2, 0) is 21.7 Å². The third-order valence-corrected chi connectivity index (χ3v) is 4.15. The molecule has 1 fully saturated rings. The van der Waals surface area contributed by atoms with Crippen LogP contribution in [0.5, 0.6) is 0 Å².